The third kappa shape index (κ3) is 5.27. The zero-order valence-corrected chi connectivity index (χ0v) is 18.3. The van der Waals surface area contributed by atoms with Gasteiger partial charge in [0.05, 0.1) is 6.54 Å². The van der Waals surface area contributed by atoms with E-state index in [0.29, 0.717) is 35.9 Å². The van der Waals surface area contributed by atoms with Crippen molar-refractivity contribution in [1.29, 1.82) is 0 Å². The van der Waals surface area contributed by atoms with Crippen LogP contribution in [0.1, 0.15) is 25.3 Å². The summed E-state index contributed by atoms with van der Waals surface area (Å²) in [6.45, 7) is 2.07. The number of benzene rings is 1. The van der Waals surface area contributed by atoms with Gasteiger partial charge < -0.3 is 15.4 Å². The van der Waals surface area contributed by atoms with Crippen molar-refractivity contribution in [2.75, 3.05) is 18.0 Å². The van der Waals surface area contributed by atoms with Crippen molar-refractivity contribution in [1.82, 2.24) is 25.0 Å². The fraction of sp³-hybridized carbons (Fsp3) is 0.450. The fourth-order valence-electron chi connectivity index (χ4n) is 3.64. The number of alkyl halides is 3. The van der Waals surface area contributed by atoms with E-state index in [9.17, 15) is 18.0 Å². The van der Waals surface area contributed by atoms with E-state index >= 15 is 0 Å². The minimum absolute atomic E-state index is 0.00385. The summed E-state index contributed by atoms with van der Waals surface area (Å²) < 4.78 is 44.1. The molecule has 1 fully saturated rings. The van der Waals surface area contributed by atoms with Gasteiger partial charge in [0.2, 0.25) is 11.6 Å². The van der Waals surface area contributed by atoms with Gasteiger partial charge in [-0.2, -0.15) is 27.9 Å². The maximum atomic E-state index is 13.0. The van der Waals surface area contributed by atoms with E-state index in [4.69, 9.17) is 22.1 Å². The van der Waals surface area contributed by atoms with Crippen molar-refractivity contribution < 1.29 is 22.7 Å². The van der Waals surface area contributed by atoms with Gasteiger partial charge >= 0.3 is 12.2 Å². The summed E-state index contributed by atoms with van der Waals surface area (Å²) in [6.07, 6.45) is -5.81. The number of primary amides is 1. The average Bonchev–Trinajstić information content (AvgIpc) is 3.34. The molecule has 0 spiro atoms. The highest BCUT2D eigenvalue weighted by atomic mass is 35.5. The number of ether oxygens (including phenoxy) is 1. The quantitative estimate of drug-likeness (QED) is 0.549. The fourth-order valence-corrected chi connectivity index (χ4v) is 3.84. The zero-order chi connectivity index (χ0) is 23.8. The molecule has 0 saturated carbocycles. The molecule has 2 atom stereocenters. The van der Waals surface area contributed by atoms with Crippen molar-refractivity contribution in [3.05, 3.63) is 34.9 Å². The molecule has 1 amide bonds. The second kappa shape index (κ2) is 9.00. The molecule has 3 aromatic rings. The first kappa shape index (κ1) is 23.0. The zero-order valence-electron chi connectivity index (χ0n) is 17.6. The average molecular weight is 484 g/mol. The molecule has 2 aromatic heterocycles. The largest absolute Gasteiger partial charge is 0.451 e. The lowest BCUT2D eigenvalue weighted by molar-refractivity contribution is -0.190. The van der Waals surface area contributed by atoms with Gasteiger partial charge in [-0.25, -0.2) is 0 Å². The van der Waals surface area contributed by atoms with Crippen LogP contribution in [-0.2, 0) is 11.3 Å². The minimum Gasteiger partial charge on any atom is -0.451 e. The molecule has 9 nitrogen and oxygen atoms in total. The Hall–Kier alpha value is -3.15. The summed E-state index contributed by atoms with van der Waals surface area (Å²) in [5.74, 6) is -0.116. The predicted octanol–water partition coefficient (Wildman–Crippen LogP) is 2.95. The van der Waals surface area contributed by atoms with Crippen molar-refractivity contribution in [3.63, 3.8) is 0 Å². The molecule has 1 aromatic carbocycles. The smallest absolute Gasteiger partial charge is 0.425 e. The molecule has 0 aliphatic carbocycles. The number of carbonyl (C=O) groups excluding carboxylic acids is 1. The van der Waals surface area contributed by atoms with Gasteiger partial charge in [0.15, 0.2) is 17.4 Å². The van der Waals surface area contributed by atoms with Crippen LogP contribution in [0.2, 0.25) is 5.02 Å². The van der Waals surface area contributed by atoms with Crippen molar-refractivity contribution in [3.8, 4) is 6.01 Å². The molecule has 0 radical (unpaired) electrons. The number of hydrogen-bond acceptors (Lipinski definition) is 7. The Bertz CT molecular complexity index is 1170. The third-order valence-electron chi connectivity index (χ3n) is 5.34. The summed E-state index contributed by atoms with van der Waals surface area (Å²) in [5, 5.41) is 9.30. The van der Waals surface area contributed by atoms with Crippen LogP contribution in [0, 0.1) is 5.92 Å². The first-order valence-corrected chi connectivity index (χ1v) is 10.6. The SMILES string of the molecule is C[C@H](Oc1nc(N2CC[C@@H](CC(N)=O)C2)c2nn(Cc3ccccc3Cl)nc2n1)C(F)(F)F. The van der Waals surface area contributed by atoms with Crippen LogP contribution in [0.5, 0.6) is 6.01 Å². The van der Waals surface area contributed by atoms with Gasteiger partial charge in [0.1, 0.15) is 0 Å². The van der Waals surface area contributed by atoms with Crippen molar-refractivity contribution >= 4 is 34.5 Å². The molecule has 4 rings (SSSR count). The number of carbonyl (C=O) groups is 1. The maximum Gasteiger partial charge on any atom is 0.425 e. The van der Waals surface area contributed by atoms with Crippen molar-refractivity contribution in [2.24, 2.45) is 11.7 Å². The number of anilines is 1. The Morgan fingerprint density at radius 1 is 1.30 bits per heavy atom. The summed E-state index contributed by atoms with van der Waals surface area (Å²) in [7, 11) is 0. The van der Waals surface area contributed by atoms with E-state index in [1.165, 1.54) is 4.80 Å². The summed E-state index contributed by atoms with van der Waals surface area (Å²) in [6, 6.07) is 6.72. The number of hydrogen-bond donors (Lipinski definition) is 1. The summed E-state index contributed by atoms with van der Waals surface area (Å²) in [5.41, 5.74) is 6.48. The minimum atomic E-state index is -4.58. The van der Waals surface area contributed by atoms with Crippen LogP contribution in [0.3, 0.4) is 0 Å². The molecule has 13 heteroatoms. The van der Waals surface area contributed by atoms with E-state index in [0.717, 1.165) is 12.5 Å². The first-order valence-electron chi connectivity index (χ1n) is 10.2. The van der Waals surface area contributed by atoms with Gasteiger partial charge in [-0.05, 0) is 30.9 Å². The van der Waals surface area contributed by atoms with Gasteiger partial charge in [0.25, 0.3) is 0 Å². The monoisotopic (exact) mass is 483 g/mol. The Morgan fingerprint density at radius 2 is 2.06 bits per heavy atom. The van der Waals surface area contributed by atoms with Crippen LogP contribution < -0.4 is 15.4 Å². The molecule has 0 unspecified atom stereocenters. The normalized spacial score (nSPS) is 17.5. The molecule has 176 valence electrons. The number of amides is 1. The van der Waals surface area contributed by atoms with Crippen LogP contribution >= 0.6 is 11.6 Å². The summed E-state index contributed by atoms with van der Waals surface area (Å²) >= 11 is 6.22. The lowest BCUT2D eigenvalue weighted by atomic mass is 10.1. The lowest BCUT2D eigenvalue weighted by Gasteiger charge is -2.20. The number of nitrogens with two attached hydrogens (primary N) is 1. The molecule has 1 saturated heterocycles. The van der Waals surface area contributed by atoms with E-state index in [-0.39, 0.29) is 24.5 Å². The van der Waals surface area contributed by atoms with Crippen LogP contribution in [0.25, 0.3) is 11.2 Å². The molecular formula is C20H21ClF3N7O2. The standard InChI is InChI=1S/C20H21ClF3N7O2/c1-11(20(22,23)24)33-19-26-17-16(18(27-19)30-7-6-12(9-30)8-15(25)32)28-31(29-17)10-13-4-2-3-5-14(13)21/h2-5,11-12H,6-10H2,1H3,(H2,25,32)/t11-,12-/m0/s1. The number of halogens is 4. The molecular weight excluding hydrogens is 463 g/mol. The maximum absolute atomic E-state index is 13.0. The predicted molar refractivity (Wildman–Crippen MR) is 114 cm³/mol. The van der Waals surface area contributed by atoms with Gasteiger partial charge in [-0.15, -0.1) is 10.2 Å². The van der Waals surface area contributed by atoms with Crippen molar-refractivity contribution in [2.45, 2.75) is 38.6 Å². The highest BCUT2D eigenvalue weighted by Crippen LogP contribution is 2.31. The van der Waals surface area contributed by atoms with Crippen LogP contribution in [0.15, 0.2) is 24.3 Å². The van der Waals surface area contributed by atoms with E-state index in [1.54, 1.807) is 12.1 Å². The number of rotatable bonds is 7. The number of nitrogens with zero attached hydrogens (tertiary/aromatic N) is 6. The van der Waals surface area contributed by atoms with Crippen LogP contribution in [-0.4, -0.2) is 56.2 Å². The first-order chi connectivity index (χ1) is 15.6. The molecule has 2 N–H and O–H groups in total. The number of aromatic nitrogens is 5. The second-order valence-corrected chi connectivity index (χ2v) is 8.30. The topological polar surface area (TPSA) is 112 Å². The van der Waals surface area contributed by atoms with Gasteiger partial charge in [-0.1, -0.05) is 29.8 Å². The van der Waals surface area contributed by atoms with E-state index in [2.05, 4.69) is 20.2 Å². The second-order valence-electron chi connectivity index (χ2n) is 7.90. The van der Waals surface area contributed by atoms with Crippen LogP contribution in [0.4, 0.5) is 19.0 Å². The summed E-state index contributed by atoms with van der Waals surface area (Å²) in [4.78, 5) is 22.8. The molecule has 0 bridgehead atoms. The highest BCUT2D eigenvalue weighted by Gasteiger charge is 2.39. The van der Waals surface area contributed by atoms with E-state index in [1.807, 2.05) is 17.0 Å². The third-order valence-corrected chi connectivity index (χ3v) is 5.71. The molecule has 1 aliphatic rings. The van der Waals surface area contributed by atoms with Gasteiger partial charge in [0, 0.05) is 24.5 Å². The molecule has 33 heavy (non-hydrogen) atoms. The van der Waals surface area contributed by atoms with E-state index < -0.39 is 24.2 Å². The Balaban J connectivity index is 1.70. The Morgan fingerprint density at radius 3 is 2.76 bits per heavy atom. The Labute approximate surface area is 191 Å². The number of fused-ring (bicyclic) bond motifs is 1. The molecule has 1 aliphatic heterocycles. The highest BCUT2D eigenvalue weighted by molar-refractivity contribution is 6.31. The molecule has 3 heterocycles. The van der Waals surface area contributed by atoms with Gasteiger partial charge in [-0.3, -0.25) is 4.79 Å². The lowest BCUT2D eigenvalue weighted by Crippen LogP contribution is -2.32. The Kier molecular flexibility index (Phi) is 6.28.